The van der Waals surface area contributed by atoms with E-state index >= 15 is 0 Å². The maximum atomic E-state index is 12.7. The fourth-order valence-electron chi connectivity index (χ4n) is 1.36. The lowest BCUT2D eigenvalue weighted by Crippen LogP contribution is -2.36. The molecule has 0 spiro atoms. The van der Waals surface area contributed by atoms with Crippen molar-refractivity contribution < 1.29 is 32.5 Å². The molecule has 1 rings (SSSR count). The second-order valence-corrected chi connectivity index (χ2v) is 3.63. The first-order valence-corrected chi connectivity index (χ1v) is 5.51. The Morgan fingerprint density at radius 2 is 1.89 bits per heavy atom. The number of hydrogen-bond acceptors (Lipinski definition) is 3. The van der Waals surface area contributed by atoms with Crippen LogP contribution in [0.5, 0.6) is 11.5 Å². The second-order valence-electron chi connectivity index (χ2n) is 3.63. The van der Waals surface area contributed by atoms with Gasteiger partial charge in [0.2, 0.25) is 6.10 Å². The Labute approximate surface area is 107 Å². The van der Waals surface area contributed by atoms with Crippen LogP contribution in [0.2, 0.25) is 0 Å². The number of benzene rings is 1. The Balaban J connectivity index is 2.93. The minimum atomic E-state index is -4.77. The van der Waals surface area contributed by atoms with Gasteiger partial charge in [-0.3, -0.25) is 4.79 Å². The molecule has 19 heavy (non-hydrogen) atoms. The van der Waals surface area contributed by atoms with Gasteiger partial charge in [0, 0.05) is 0 Å². The van der Waals surface area contributed by atoms with Gasteiger partial charge < -0.3 is 14.6 Å². The number of para-hydroxylation sites is 2. The van der Waals surface area contributed by atoms with Gasteiger partial charge in [-0.15, -0.1) is 0 Å². The van der Waals surface area contributed by atoms with E-state index in [1.165, 1.54) is 18.2 Å². The molecule has 0 aromatic heterocycles. The van der Waals surface area contributed by atoms with Gasteiger partial charge in [-0.25, -0.2) is 0 Å². The van der Waals surface area contributed by atoms with E-state index in [9.17, 15) is 18.0 Å². The lowest BCUT2D eigenvalue weighted by Gasteiger charge is -2.21. The molecule has 7 heteroatoms. The molecule has 0 amide bonds. The van der Waals surface area contributed by atoms with Crippen molar-refractivity contribution >= 4 is 5.97 Å². The molecule has 0 bridgehead atoms. The van der Waals surface area contributed by atoms with E-state index in [2.05, 4.69) is 0 Å². The summed E-state index contributed by atoms with van der Waals surface area (Å²) in [7, 11) is 0. The molecule has 106 valence electrons. The average Bonchev–Trinajstić information content (AvgIpc) is 2.29. The summed E-state index contributed by atoms with van der Waals surface area (Å²) in [5, 5.41) is 8.49. The number of rotatable bonds is 6. The summed E-state index contributed by atoms with van der Waals surface area (Å²) >= 11 is 0. The number of hydrogen-bond donors (Lipinski definition) is 1. The molecule has 0 saturated heterocycles. The number of aliphatic carboxylic acids is 1. The summed E-state index contributed by atoms with van der Waals surface area (Å²) in [6.07, 6.45) is -8.34. The van der Waals surface area contributed by atoms with Gasteiger partial charge in [0.05, 0.1) is 13.0 Å². The third-order valence-electron chi connectivity index (χ3n) is 2.14. The molecule has 0 aliphatic heterocycles. The number of alkyl halides is 3. The van der Waals surface area contributed by atoms with E-state index in [4.69, 9.17) is 14.6 Å². The van der Waals surface area contributed by atoms with Crippen LogP contribution in [-0.4, -0.2) is 30.0 Å². The zero-order valence-electron chi connectivity index (χ0n) is 10.1. The highest BCUT2D eigenvalue weighted by molar-refractivity contribution is 5.67. The van der Waals surface area contributed by atoms with Gasteiger partial charge in [-0.2, -0.15) is 13.2 Å². The Bertz CT molecular complexity index is 431. The van der Waals surface area contributed by atoms with Crippen molar-refractivity contribution in [3.8, 4) is 11.5 Å². The smallest absolute Gasteiger partial charge is 0.426 e. The minimum Gasteiger partial charge on any atom is -0.490 e. The second kappa shape index (κ2) is 6.31. The van der Waals surface area contributed by atoms with Crippen molar-refractivity contribution in [3.63, 3.8) is 0 Å². The molecule has 1 unspecified atom stereocenters. The third kappa shape index (κ3) is 4.69. The standard InChI is InChI=1S/C12H13F3O4/c1-2-18-8-5-3-4-6-9(8)19-10(7-11(16)17)12(13,14)15/h3-6,10H,2,7H2,1H3,(H,16,17). The van der Waals surface area contributed by atoms with Gasteiger partial charge >= 0.3 is 12.1 Å². The number of carboxylic acids is 1. The highest BCUT2D eigenvalue weighted by Crippen LogP contribution is 2.32. The molecule has 1 aromatic carbocycles. The molecule has 0 aliphatic carbocycles. The SMILES string of the molecule is CCOc1ccccc1OC(CC(=O)O)C(F)(F)F. The predicted octanol–water partition coefficient (Wildman–Crippen LogP) is 2.87. The quantitative estimate of drug-likeness (QED) is 0.869. The lowest BCUT2D eigenvalue weighted by molar-refractivity contribution is -0.200. The van der Waals surface area contributed by atoms with E-state index < -0.39 is 24.7 Å². The Kier molecular flexibility index (Phi) is 5.02. The number of carbonyl (C=O) groups is 1. The summed E-state index contributed by atoms with van der Waals surface area (Å²) < 4.78 is 47.8. The fraction of sp³-hybridized carbons (Fsp3) is 0.417. The lowest BCUT2D eigenvalue weighted by atomic mass is 10.2. The van der Waals surface area contributed by atoms with E-state index in [-0.39, 0.29) is 18.1 Å². The number of halogens is 3. The van der Waals surface area contributed by atoms with Crippen molar-refractivity contribution in [2.75, 3.05) is 6.61 Å². The normalized spacial score (nSPS) is 12.8. The molecule has 0 fully saturated rings. The highest BCUT2D eigenvalue weighted by atomic mass is 19.4. The molecule has 0 aliphatic rings. The maximum absolute atomic E-state index is 12.7. The van der Waals surface area contributed by atoms with Crippen LogP contribution in [0.4, 0.5) is 13.2 Å². The Hall–Kier alpha value is -1.92. The van der Waals surface area contributed by atoms with Crippen LogP contribution >= 0.6 is 0 Å². The molecule has 0 radical (unpaired) electrons. The summed E-state index contributed by atoms with van der Waals surface area (Å²) in [4.78, 5) is 10.4. The van der Waals surface area contributed by atoms with Crippen LogP contribution in [0.1, 0.15) is 13.3 Å². The zero-order valence-corrected chi connectivity index (χ0v) is 10.1. The number of ether oxygens (including phenoxy) is 2. The van der Waals surface area contributed by atoms with Gasteiger partial charge in [-0.1, -0.05) is 12.1 Å². The van der Waals surface area contributed by atoms with Crippen molar-refractivity contribution in [1.82, 2.24) is 0 Å². The van der Waals surface area contributed by atoms with E-state index in [0.29, 0.717) is 0 Å². The largest absolute Gasteiger partial charge is 0.490 e. The van der Waals surface area contributed by atoms with Gasteiger partial charge in [-0.05, 0) is 19.1 Å². The van der Waals surface area contributed by atoms with Crippen molar-refractivity contribution in [2.45, 2.75) is 25.6 Å². The first-order valence-electron chi connectivity index (χ1n) is 5.51. The summed E-state index contributed by atoms with van der Waals surface area (Å²) in [5.41, 5.74) is 0. The van der Waals surface area contributed by atoms with Gasteiger partial charge in [0.25, 0.3) is 0 Å². The van der Waals surface area contributed by atoms with Crippen LogP contribution in [-0.2, 0) is 4.79 Å². The summed E-state index contributed by atoms with van der Waals surface area (Å²) in [6.45, 7) is 1.94. The summed E-state index contributed by atoms with van der Waals surface area (Å²) in [5.74, 6) is -1.58. The predicted molar refractivity (Wildman–Crippen MR) is 60.3 cm³/mol. The van der Waals surface area contributed by atoms with Gasteiger partial charge in [0.15, 0.2) is 11.5 Å². The van der Waals surface area contributed by atoms with Gasteiger partial charge in [0.1, 0.15) is 0 Å². The van der Waals surface area contributed by atoms with Crippen molar-refractivity contribution in [3.05, 3.63) is 24.3 Å². The first kappa shape index (κ1) is 15.1. The molecule has 1 aromatic rings. The van der Waals surface area contributed by atoms with Crippen molar-refractivity contribution in [2.24, 2.45) is 0 Å². The van der Waals surface area contributed by atoms with Crippen LogP contribution in [0.25, 0.3) is 0 Å². The Morgan fingerprint density at radius 1 is 1.32 bits per heavy atom. The van der Waals surface area contributed by atoms with Crippen LogP contribution < -0.4 is 9.47 Å². The van der Waals surface area contributed by atoms with E-state index in [0.717, 1.165) is 0 Å². The molecule has 0 heterocycles. The van der Waals surface area contributed by atoms with Crippen molar-refractivity contribution in [1.29, 1.82) is 0 Å². The highest BCUT2D eigenvalue weighted by Gasteiger charge is 2.43. The van der Waals surface area contributed by atoms with E-state index in [1.807, 2.05) is 0 Å². The van der Waals surface area contributed by atoms with Crippen LogP contribution in [0, 0.1) is 0 Å². The molecular weight excluding hydrogens is 265 g/mol. The minimum absolute atomic E-state index is 0.132. The topological polar surface area (TPSA) is 55.8 Å². The maximum Gasteiger partial charge on any atom is 0.426 e. The van der Waals surface area contributed by atoms with Crippen LogP contribution in [0.15, 0.2) is 24.3 Å². The fourth-order valence-corrected chi connectivity index (χ4v) is 1.36. The number of carboxylic acid groups (broad SMARTS) is 1. The molecular formula is C12H13F3O4. The Morgan fingerprint density at radius 3 is 2.37 bits per heavy atom. The molecule has 4 nitrogen and oxygen atoms in total. The first-order chi connectivity index (χ1) is 8.84. The average molecular weight is 278 g/mol. The molecule has 1 N–H and O–H groups in total. The monoisotopic (exact) mass is 278 g/mol. The zero-order chi connectivity index (χ0) is 14.5. The molecule has 1 atom stereocenters. The van der Waals surface area contributed by atoms with E-state index in [1.54, 1.807) is 13.0 Å². The summed E-state index contributed by atoms with van der Waals surface area (Å²) in [6, 6.07) is 5.81. The van der Waals surface area contributed by atoms with Crippen LogP contribution in [0.3, 0.4) is 0 Å². The third-order valence-corrected chi connectivity index (χ3v) is 2.14. The molecule has 0 saturated carbocycles.